The van der Waals surface area contributed by atoms with E-state index in [0.29, 0.717) is 29.4 Å². The molecule has 0 radical (unpaired) electrons. The van der Waals surface area contributed by atoms with Crippen LogP contribution in [-0.4, -0.2) is 28.7 Å². The van der Waals surface area contributed by atoms with Gasteiger partial charge in [0, 0.05) is 23.1 Å². The molecule has 2 unspecified atom stereocenters. The number of aromatic nitrogens is 3. The highest BCUT2D eigenvalue weighted by Gasteiger charge is 2.58. The summed E-state index contributed by atoms with van der Waals surface area (Å²) in [5.41, 5.74) is 4.94. The van der Waals surface area contributed by atoms with Crippen LogP contribution in [0.4, 0.5) is 0 Å². The Kier molecular flexibility index (Phi) is 4.50. The number of para-hydroxylation sites is 1. The average molecular weight is 441 g/mol. The summed E-state index contributed by atoms with van der Waals surface area (Å²) in [6.45, 7) is 7.09. The third kappa shape index (κ3) is 3.05. The van der Waals surface area contributed by atoms with Crippen molar-refractivity contribution in [1.82, 2.24) is 18.5 Å². The lowest BCUT2D eigenvalue weighted by Gasteiger charge is -2.07. The van der Waals surface area contributed by atoms with E-state index in [0.717, 1.165) is 23.7 Å². The monoisotopic (exact) mass is 440 g/mol. The molecule has 5 rings (SSSR count). The van der Waals surface area contributed by atoms with Crippen molar-refractivity contribution in [1.29, 1.82) is 0 Å². The number of rotatable bonds is 6. The largest absolute Gasteiger partial charge is 0.358 e. The first-order chi connectivity index (χ1) is 14.3. The number of nitrogens with zero attached hydrogens (tertiary/aromatic N) is 2. The molecule has 0 bridgehead atoms. The normalized spacial score (nSPS) is 20.8. The summed E-state index contributed by atoms with van der Waals surface area (Å²) >= 11 is 1.03. The maximum Gasteiger partial charge on any atom is 0.242 e. The van der Waals surface area contributed by atoms with E-state index in [1.807, 2.05) is 6.07 Å². The molecule has 0 saturated heterocycles. The van der Waals surface area contributed by atoms with Gasteiger partial charge in [-0.05, 0) is 54.4 Å². The van der Waals surface area contributed by atoms with Gasteiger partial charge in [0.05, 0.1) is 11.7 Å². The van der Waals surface area contributed by atoms with Crippen molar-refractivity contribution in [3.8, 4) is 0 Å². The molecule has 6 nitrogen and oxygen atoms in total. The molecule has 1 aliphatic rings. The second-order valence-electron chi connectivity index (χ2n) is 8.69. The third-order valence-electron chi connectivity index (χ3n) is 6.59. The summed E-state index contributed by atoms with van der Waals surface area (Å²) in [6, 6.07) is 13.5. The third-order valence-corrected chi connectivity index (χ3v) is 8.63. The fraction of sp³-hybridized carbons (Fsp3) is 0.364. The average Bonchev–Trinajstić information content (AvgIpc) is 3.08. The van der Waals surface area contributed by atoms with Gasteiger partial charge < -0.3 is 4.98 Å². The minimum atomic E-state index is -3.63. The molecule has 2 atom stereocenters. The van der Waals surface area contributed by atoms with Crippen molar-refractivity contribution in [3.05, 3.63) is 53.7 Å². The Morgan fingerprint density at radius 2 is 1.93 bits per heavy atom. The van der Waals surface area contributed by atoms with Gasteiger partial charge in [0.2, 0.25) is 10.0 Å². The van der Waals surface area contributed by atoms with Crippen LogP contribution in [0.3, 0.4) is 0 Å². The Hall–Kier alpha value is -2.29. The van der Waals surface area contributed by atoms with E-state index in [2.05, 4.69) is 57.4 Å². The summed E-state index contributed by atoms with van der Waals surface area (Å²) < 4.78 is 36.8. The topological polar surface area (TPSA) is 87.7 Å². The quantitative estimate of drug-likeness (QED) is 0.459. The highest BCUT2D eigenvalue weighted by Crippen LogP contribution is 2.67. The summed E-state index contributed by atoms with van der Waals surface area (Å²) in [4.78, 5) is 3.70. The lowest BCUT2D eigenvalue weighted by molar-refractivity contribution is 0.522. The van der Waals surface area contributed by atoms with E-state index in [1.165, 1.54) is 16.6 Å². The second kappa shape index (κ2) is 6.87. The molecular formula is C22H24N4O2S2. The van der Waals surface area contributed by atoms with E-state index in [9.17, 15) is 8.42 Å². The minimum absolute atomic E-state index is 0.139. The fourth-order valence-electron chi connectivity index (χ4n) is 4.98. The zero-order chi connectivity index (χ0) is 21.1. The molecular weight excluding hydrogens is 416 g/mol. The number of aryl methyl sites for hydroxylation is 1. The Morgan fingerprint density at radius 3 is 2.77 bits per heavy atom. The molecule has 8 heteroatoms. The van der Waals surface area contributed by atoms with E-state index >= 15 is 0 Å². The van der Waals surface area contributed by atoms with Crippen LogP contribution < -0.4 is 4.72 Å². The van der Waals surface area contributed by atoms with Crippen LogP contribution in [0, 0.1) is 18.3 Å². The van der Waals surface area contributed by atoms with Crippen molar-refractivity contribution in [2.24, 2.45) is 11.3 Å². The molecule has 30 heavy (non-hydrogen) atoms. The SMILES string of the molecule is Cc1[nH]c2ccccc2c1C1C(CCNS(=O)(=O)c2cccc3nsnc23)C1(C)C. The first-order valence-electron chi connectivity index (χ1n) is 10.1. The van der Waals surface area contributed by atoms with E-state index in [4.69, 9.17) is 0 Å². The van der Waals surface area contributed by atoms with Gasteiger partial charge in [0.15, 0.2) is 0 Å². The van der Waals surface area contributed by atoms with Crippen molar-refractivity contribution in [2.75, 3.05) is 6.54 Å². The molecule has 0 spiro atoms. The highest BCUT2D eigenvalue weighted by molar-refractivity contribution is 7.89. The number of sulfonamides is 1. The van der Waals surface area contributed by atoms with Crippen molar-refractivity contribution >= 4 is 43.7 Å². The number of fused-ring (bicyclic) bond motifs is 2. The predicted molar refractivity (Wildman–Crippen MR) is 120 cm³/mol. The maximum absolute atomic E-state index is 12.9. The molecule has 2 aromatic carbocycles. The van der Waals surface area contributed by atoms with Gasteiger partial charge >= 0.3 is 0 Å². The van der Waals surface area contributed by atoms with Crippen LogP contribution >= 0.6 is 11.7 Å². The van der Waals surface area contributed by atoms with Gasteiger partial charge in [-0.2, -0.15) is 8.75 Å². The van der Waals surface area contributed by atoms with Crippen LogP contribution in [0.25, 0.3) is 21.9 Å². The maximum atomic E-state index is 12.9. The molecule has 2 N–H and O–H groups in total. The van der Waals surface area contributed by atoms with Gasteiger partial charge in [-0.3, -0.25) is 0 Å². The van der Waals surface area contributed by atoms with Gasteiger partial charge in [-0.15, -0.1) is 0 Å². The summed E-state index contributed by atoms with van der Waals surface area (Å²) in [5.74, 6) is 0.846. The van der Waals surface area contributed by atoms with Crippen LogP contribution in [-0.2, 0) is 10.0 Å². The van der Waals surface area contributed by atoms with Crippen molar-refractivity contribution in [2.45, 2.75) is 38.0 Å². The molecule has 1 saturated carbocycles. The zero-order valence-electron chi connectivity index (χ0n) is 17.1. The summed E-state index contributed by atoms with van der Waals surface area (Å²) in [6.07, 6.45) is 0.793. The molecule has 0 aliphatic heterocycles. The Morgan fingerprint density at radius 1 is 1.13 bits per heavy atom. The number of aromatic amines is 1. The summed E-state index contributed by atoms with van der Waals surface area (Å²) in [5, 5.41) is 1.28. The van der Waals surface area contributed by atoms with Crippen LogP contribution in [0.1, 0.15) is 37.4 Å². The predicted octanol–water partition coefficient (Wildman–Crippen LogP) is 4.59. The Labute approximate surface area is 180 Å². The van der Waals surface area contributed by atoms with Gasteiger partial charge in [-0.1, -0.05) is 38.1 Å². The van der Waals surface area contributed by atoms with Gasteiger partial charge in [0.25, 0.3) is 0 Å². The fourth-order valence-corrected chi connectivity index (χ4v) is 6.79. The van der Waals surface area contributed by atoms with E-state index < -0.39 is 10.0 Å². The molecule has 1 aliphatic carbocycles. The number of H-pyrrole nitrogens is 1. The molecule has 0 amide bonds. The van der Waals surface area contributed by atoms with Gasteiger partial charge in [-0.25, -0.2) is 13.1 Å². The number of nitrogens with one attached hydrogen (secondary N) is 2. The number of benzene rings is 2. The first kappa shape index (κ1) is 19.7. The van der Waals surface area contributed by atoms with E-state index in [1.54, 1.807) is 18.2 Å². The second-order valence-corrected chi connectivity index (χ2v) is 11.0. The van der Waals surface area contributed by atoms with Crippen LogP contribution in [0.5, 0.6) is 0 Å². The summed E-state index contributed by atoms with van der Waals surface area (Å²) in [7, 11) is -3.63. The van der Waals surface area contributed by atoms with Crippen molar-refractivity contribution in [3.63, 3.8) is 0 Å². The molecule has 1 fully saturated rings. The van der Waals surface area contributed by atoms with Crippen LogP contribution in [0.2, 0.25) is 0 Å². The van der Waals surface area contributed by atoms with Crippen molar-refractivity contribution < 1.29 is 8.42 Å². The number of hydrogen-bond acceptors (Lipinski definition) is 5. The van der Waals surface area contributed by atoms with Gasteiger partial charge in [0.1, 0.15) is 15.9 Å². The van der Waals surface area contributed by atoms with E-state index in [-0.39, 0.29) is 10.3 Å². The zero-order valence-corrected chi connectivity index (χ0v) is 18.8. The Bertz CT molecular complexity index is 1350. The molecule has 2 aromatic heterocycles. The Balaban J connectivity index is 1.33. The molecule has 4 aromatic rings. The highest BCUT2D eigenvalue weighted by atomic mass is 32.2. The molecule has 156 valence electrons. The molecule has 2 heterocycles. The van der Waals surface area contributed by atoms with Crippen LogP contribution in [0.15, 0.2) is 47.4 Å². The smallest absolute Gasteiger partial charge is 0.242 e. The first-order valence-corrected chi connectivity index (χ1v) is 12.3. The standard InChI is InChI=1S/C22H24N4O2S2/c1-13-19(14-7-4-5-8-16(14)24-13)20-15(22(20,2)3)11-12-23-30(27,28)18-10-6-9-17-21(18)26-29-25-17/h4-10,15,20,23-24H,11-12H2,1-3H3. The number of hydrogen-bond donors (Lipinski definition) is 2. The lowest BCUT2D eigenvalue weighted by Crippen LogP contribution is -2.25. The lowest BCUT2D eigenvalue weighted by atomic mass is 10.0. The minimum Gasteiger partial charge on any atom is -0.358 e.